The minimum absolute atomic E-state index is 0.0892. The number of hydrogen-bond acceptors (Lipinski definition) is 5. The van der Waals surface area contributed by atoms with Gasteiger partial charge in [-0.05, 0) is 39.3 Å². The standard InChI is InChI=1S/C18H25N3O4S2/c1-13-5-7-17(8-6-13)27(24,25)20(4)11-18-14(2)19-21(15(18)3)16-9-10-26(22,23)12-16/h5-8,16H,9-12H2,1-4H3/t16-/m0/s1. The molecule has 0 radical (unpaired) electrons. The summed E-state index contributed by atoms with van der Waals surface area (Å²) in [6.07, 6.45) is 0.543. The van der Waals surface area contributed by atoms with Crippen molar-refractivity contribution >= 4 is 19.9 Å². The average molecular weight is 412 g/mol. The Kier molecular flexibility index (Phi) is 5.22. The highest BCUT2D eigenvalue weighted by molar-refractivity contribution is 7.91. The van der Waals surface area contributed by atoms with Crippen molar-refractivity contribution in [1.82, 2.24) is 14.1 Å². The van der Waals surface area contributed by atoms with Gasteiger partial charge in [0.1, 0.15) is 0 Å². The van der Waals surface area contributed by atoms with Gasteiger partial charge in [-0.25, -0.2) is 16.8 Å². The van der Waals surface area contributed by atoms with Gasteiger partial charge in [-0.15, -0.1) is 0 Å². The summed E-state index contributed by atoms with van der Waals surface area (Å²) in [5, 5.41) is 4.51. The van der Waals surface area contributed by atoms with Gasteiger partial charge in [0.15, 0.2) is 9.84 Å². The fraction of sp³-hybridized carbons (Fsp3) is 0.500. The fourth-order valence-electron chi connectivity index (χ4n) is 3.45. The molecule has 2 aromatic rings. The van der Waals surface area contributed by atoms with Crippen LogP contribution in [0.15, 0.2) is 29.2 Å². The first-order chi connectivity index (χ1) is 12.5. The number of aryl methyl sites for hydroxylation is 2. The Morgan fingerprint density at radius 3 is 2.37 bits per heavy atom. The Morgan fingerprint density at radius 2 is 1.81 bits per heavy atom. The summed E-state index contributed by atoms with van der Waals surface area (Å²) in [6.45, 7) is 5.79. The molecule has 1 atom stereocenters. The number of hydrogen-bond donors (Lipinski definition) is 0. The summed E-state index contributed by atoms with van der Waals surface area (Å²) < 4.78 is 52.3. The molecule has 1 aromatic heterocycles. The average Bonchev–Trinajstić information content (AvgIpc) is 3.08. The van der Waals surface area contributed by atoms with Crippen molar-refractivity contribution in [3.63, 3.8) is 0 Å². The molecule has 0 amide bonds. The van der Waals surface area contributed by atoms with E-state index in [4.69, 9.17) is 0 Å². The molecular weight excluding hydrogens is 386 g/mol. The number of aromatic nitrogens is 2. The van der Waals surface area contributed by atoms with E-state index in [2.05, 4.69) is 5.10 Å². The van der Waals surface area contributed by atoms with Gasteiger partial charge < -0.3 is 0 Å². The van der Waals surface area contributed by atoms with Crippen LogP contribution in [0.5, 0.6) is 0 Å². The highest BCUT2D eigenvalue weighted by atomic mass is 32.2. The van der Waals surface area contributed by atoms with E-state index < -0.39 is 19.9 Å². The van der Waals surface area contributed by atoms with Crippen LogP contribution in [0, 0.1) is 20.8 Å². The first-order valence-corrected chi connectivity index (χ1v) is 12.1. The van der Waals surface area contributed by atoms with Crippen LogP contribution in [0.3, 0.4) is 0 Å². The molecule has 1 aliphatic heterocycles. The highest BCUT2D eigenvalue weighted by Crippen LogP contribution is 2.28. The van der Waals surface area contributed by atoms with E-state index in [-0.39, 0.29) is 29.0 Å². The van der Waals surface area contributed by atoms with Gasteiger partial charge in [-0.3, -0.25) is 4.68 Å². The van der Waals surface area contributed by atoms with Gasteiger partial charge >= 0.3 is 0 Å². The van der Waals surface area contributed by atoms with E-state index in [0.29, 0.717) is 6.42 Å². The van der Waals surface area contributed by atoms with Crippen molar-refractivity contribution in [1.29, 1.82) is 0 Å². The molecule has 0 spiro atoms. The quantitative estimate of drug-likeness (QED) is 0.751. The van der Waals surface area contributed by atoms with Gasteiger partial charge in [0.2, 0.25) is 10.0 Å². The molecule has 0 unspecified atom stereocenters. The maximum Gasteiger partial charge on any atom is 0.243 e. The maximum absolute atomic E-state index is 12.8. The molecule has 0 bridgehead atoms. The predicted molar refractivity (Wildman–Crippen MR) is 104 cm³/mol. The normalized spacial score (nSPS) is 19.7. The summed E-state index contributed by atoms with van der Waals surface area (Å²) >= 11 is 0. The summed E-state index contributed by atoms with van der Waals surface area (Å²) in [6, 6.07) is 6.58. The molecule has 27 heavy (non-hydrogen) atoms. The second-order valence-electron chi connectivity index (χ2n) is 7.22. The third-order valence-electron chi connectivity index (χ3n) is 5.14. The first kappa shape index (κ1) is 20.0. The topological polar surface area (TPSA) is 89.3 Å². The molecule has 1 aromatic carbocycles. The van der Waals surface area contributed by atoms with E-state index in [0.717, 1.165) is 22.5 Å². The summed E-state index contributed by atoms with van der Waals surface area (Å²) in [7, 11) is -5.09. The van der Waals surface area contributed by atoms with Crippen LogP contribution in [0.1, 0.15) is 35.0 Å². The zero-order chi connectivity index (χ0) is 20.0. The molecule has 3 rings (SSSR count). The zero-order valence-electron chi connectivity index (χ0n) is 16.0. The van der Waals surface area contributed by atoms with Crippen LogP contribution >= 0.6 is 0 Å². The lowest BCUT2D eigenvalue weighted by Gasteiger charge is -2.18. The second kappa shape index (κ2) is 7.03. The van der Waals surface area contributed by atoms with Crippen LogP contribution in [-0.4, -0.2) is 49.5 Å². The Labute approximate surface area is 161 Å². The first-order valence-electron chi connectivity index (χ1n) is 8.79. The van der Waals surface area contributed by atoms with E-state index in [9.17, 15) is 16.8 Å². The molecule has 1 saturated heterocycles. The largest absolute Gasteiger partial charge is 0.265 e. The Morgan fingerprint density at radius 1 is 1.19 bits per heavy atom. The lowest BCUT2D eigenvalue weighted by molar-refractivity contribution is 0.461. The molecule has 0 saturated carbocycles. The Balaban J connectivity index is 1.86. The maximum atomic E-state index is 12.8. The number of sulfonamides is 1. The molecule has 1 fully saturated rings. The van der Waals surface area contributed by atoms with Crippen molar-refractivity contribution in [3.8, 4) is 0 Å². The molecule has 1 aliphatic rings. The predicted octanol–water partition coefficient (Wildman–Crippen LogP) is 1.99. The smallest absolute Gasteiger partial charge is 0.243 e. The minimum Gasteiger partial charge on any atom is -0.265 e. The monoisotopic (exact) mass is 411 g/mol. The molecule has 7 nitrogen and oxygen atoms in total. The van der Waals surface area contributed by atoms with Crippen LogP contribution in [0.4, 0.5) is 0 Å². The molecule has 0 aliphatic carbocycles. The number of sulfone groups is 1. The number of benzene rings is 1. The zero-order valence-corrected chi connectivity index (χ0v) is 17.6. The van der Waals surface area contributed by atoms with E-state index in [1.165, 1.54) is 4.31 Å². The van der Waals surface area contributed by atoms with Gasteiger partial charge in [0, 0.05) is 24.8 Å². The van der Waals surface area contributed by atoms with Crippen molar-refractivity contribution in [2.24, 2.45) is 0 Å². The lowest BCUT2D eigenvalue weighted by Crippen LogP contribution is -2.27. The van der Waals surface area contributed by atoms with Crippen molar-refractivity contribution in [2.45, 2.75) is 44.7 Å². The Bertz CT molecular complexity index is 1050. The second-order valence-corrected chi connectivity index (χ2v) is 11.5. The minimum atomic E-state index is -3.62. The van der Waals surface area contributed by atoms with Gasteiger partial charge in [0.25, 0.3) is 0 Å². The molecule has 9 heteroatoms. The molecular formula is C18H25N3O4S2. The van der Waals surface area contributed by atoms with E-state index >= 15 is 0 Å². The van der Waals surface area contributed by atoms with Gasteiger partial charge in [-0.1, -0.05) is 17.7 Å². The van der Waals surface area contributed by atoms with Crippen LogP contribution < -0.4 is 0 Å². The number of nitrogens with zero attached hydrogens (tertiary/aromatic N) is 3. The van der Waals surface area contributed by atoms with Crippen LogP contribution in [0.2, 0.25) is 0 Å². The van der Waals surface area contributed by atoms with Crippen LogP contribution in [-0.2, 0) is 26.4 Å². The third kappa shape index (κ3) is 3.95. The summed E-state index contributed by atoms with van der Waals surface area (Å²) in [5.74, 6) is 0.263. The summed E-state index contributed by atoms with van der Waals surface area (Å²) in [5.41, 5.74) is 3.36. The van der Waals surface area contributed by atoms with Gasteiger partial charge in [0.05, 0.1) is 28.1 Å². The number of rotatable bonds is 5. The SMILES string of the molecule is Cc1ccc(S(=O)(=O)N(C)Cc2c(C)nn([C@H]3CCS(=O)(=O)C3)c2C)cc1. The molecule has 2 heterocycles. The Hall–Kier alpha value is -1.71. The van der Waals surface area contributed by atoms with Crippen molar-refractivity contribution in [2.75, 3.05) is 18.6 Å². The van der Waals surface area contributed by atoms with Crippen molar-refractivity contribution in [3.05, 3.63) is 46.8 Å². The van der Waals surface area contributed by atoms with Gasteiger partial charge in [-0.2, -0.15) is 9.40 Å². The highest BCUT2D eigenvalue weighted by Gasteiger charge is 2.32. The summed E-state index contributed by atoms with van der Waals surface area (Å²) in [4.78, 5) is 0.250. The van der Waals surface area contributed by atoms with Crippen LogP contribution in [0.25, 0.3) is 0 Å². The third-order valence-corrected chi connectivity index (χ3v) is 8.71. The van der Waals surface area contributed by atoms with Crippen molar-refractivity contribution < 1.29 is 16.8 Å². The van der Waals surface area contributed by atoms with E-state index in [1.807, 2.05) is 20.8 Å². The fourth-order valence-corrected chi connectivity index (χ4v) is 6.28. The van der Waals surface area contributed by atoms with E-state index in [1.54, 1.807) is 36.0 Å². The molecule has 0 N–H and O–H groups in total. The molecule has 148 valence electrons. The lowest BCUT2D eigenvalue weighted by atomic mass is 10.2.